The number of pyridine rings is 1. The smallest absolute Gasteiger partial charge is 0.417 e. The molecule has 1 atom stereocenters. The minimum Gasteiger partial charge on any atom is -0.444 e. The number of ether oxygens (including phenoxy) is 2. The SMILES string of the molecule is CC(C)(C)OC(=O)NCC1CN(c2ccc(C(F)(F)F)cn2)CCO1. The minimum atomic E-state index is -4.41. The van der Waals surface area contributed by atoms with Gasteiger partial charge in [-0.15, -0.1) is 0 Å². The van der Waals surface area contributed by atoms with Gasteiger partial charge < -0.3 is 19.7 Å². The van der Waals surface area contributed by atoms with E-state index in [-0.39, 0.29) is 12.6 Å². The molecule has 1 fully saturated rings. The van der Waals surface area contributed by atoms with Gasteiger partial charge in [-0.3, -0.25) is 0 Å². The number of alkyl halides is 3. The lowest BCUT2D eigenvalue weighted by atomic mass is 10.2. The van der Waals surface area contributed by atoms with E-state index in [1.54, 1.807) is 20.8 Å². The number of alkyl carbamates (subject to hydrolysis) is 1. The molecule has 140 valence electrons. The Morgan fingerprint density at radius 3 is 2.68 bits per heavy atom. The lowest BCUT2D eigenvalue weighted by molar-refractivity contribution is -0.137. The largest absolute Gasteiger partial charge is 0.444 e. The van der Waals surface area contributed by atoms with Crippen LogP contribution in [0, 0.1) is 0 Å². The third-order valence-corrected chi connectivity index (χ3v) is 3.41. The summed E-state index contributed by atoms with van der Waals surface area (Å²) in [5, 5.41) is 2.63. The number of halogens is 3. The van der Waals surface area contributed by atoms with E-state index in [9.17, 15) is 18.0 Å². The van der Waals surface area contributed by atoms with Crippen LogP contribution in [0.4, 0.5) is 23.8 Å². The predicted octanol–water partition coefficient (Wildman–Crippen LogP) is 2.83. The highest BCUT2D eigenvalue weighted by Gasteiger charge is 2.31. The van der Waals surface area contributed by atoms with Gasteiger partial charge in [-0.2, -0.15) is 13.2 Å². The van der Waals surface area contributed by atoms with Gasteiger partial charge in [0.2, 0.25) is 0 Å². The maximum atomic E-state index is 12.6. The number of morpholine rings is 1. The Balaban J connectivity index is 1.89. The fraction of sp³-hybridized carbons (Fsp3) is 0.625. The van der Waals surface area contributed by atoms with Crippen molar-refractivity contribution in [3.63, 3.8) is 0 Å². The van der Waals surface area contributed by atoms with Crippen molar-refractivity contribution in [1.82, 2.24) is 10.3 Å². The van der Waals surface area contributed by atoms with Crippen molar-refractivity contribution in [2.75, 3.05) is 31.1 Å². The number of anilines is 1. The van der Waals surface area contributed by atoms with Gasteiger partial charge in [-0.1, -0.05) is 0 Å². The van der Waals surface area contributed by atoms with Crippen LogP contribution in [-0.4, -0.2) is 49.0 Å². The molecule has 9 heteroatoms. The molecule has 6 nitrogen and oxygen atoms in total. The molecule has 1 aromatic heterocycles. The number of carbonyl (C=O) groups is 1. The van der Waals surface area contributed by atoms with Crippen LogP contribution < -0.4 is 10.2 Å². The third kappa shape index (κ3) is 6.08. The number of aromatic nitrogens is 1. The third-order valence-electron chi connectivity index (χ3n) is 3.41. The van der Waals surface area contributed by atoms with Crippen LogP contribution in [0.5, 0.6) is 0 Å². The van der Waals surface area contributed by atoms with Crippen molar-refractivity contribution in [3.8, 4) is 0 Å². The normalized spacial score (nSPS) is 18.8. The fourth-order valence-corrected chi connectivity index (χ4v) is 2.30. The number of hydrogen-bond acceptors (Lipinski definition) is 5. The van der Waals surface area contributed by atoms with Crippen LogP contribution in [0.1, 0.15) is 26.3 Å². The number of carbonyl (C=O) groups excluding carboxylic acids is 1. The van der Waals surface area contributed by atoms with E-state index in [2.05, 4.69) is 10.3 Å². The number of nitrogens with one attached hydrogen (secondary N) is 1. The molecule has 0 spiro atoms. The van der Waals surface area contributed by atoms with Crippen LogP contribution >= 0.6 is 0 Å². The second kappa shape index (κ2) is 7.47. The summed E-state index contributed by atoms with van der Waals surface area (Å²) < 4.78 is 48.5. The summed E-state index contributed by atoms with van der Waals surface area (Å²) in [7, 11) is 0. The molecular formula is C16H22F3N3O3. The standard InChI is InChI=1S/C16H22F3N3O3/c1-15(2,3)25-14(23)21-9-12-10-22(6-7-24-12)13-5-4-11(8-20-13)16(17,18)19/h4-5,8,12H,6-7,9-10H2,1-3H3,(H,21,23). The zero-order chi connectivity index (χ0) is 18.7. The van der Waals surface area contributed by atoms with Crippen molar-refractivity contribution < 1.29 is 27.4 Å². The first-order chi connectivity index (χ1) is 11.5. The van der Waals surface area contributed by atoms with Crippen molar-refractivity contribution >= 4 is 11.9 Å². The fourth-order valence-electron chi connectivity index (χ4n) is 2.30. The number of amides is 1. The molecule has 0 radical (unpaired) electrons. The van der Waals surface area contributed by atoms with Gasteiger partial charge in [0.25, 0.3) is 0 Å². The lowest BCUT2D eigenvalue weighted by Crippen LogP contribution is -2.48. The van der Waals surface area contributed by atoms with E-state index >= 15 is 0 Å². The van der Waals surface area contributed by atoms with E-state index < -0.39 is 23.4 Å². The highest BCUT2D eigenvalue weighted by Crippen LogP contribution is 2.29. The summed E-state index contributed by atoms with van der Waals surface area (Å²) in [5.74, 6) is 0.443. The van der Waals surface area contributed by atoms with Gasteiger partial charge in [0, 0.05) is 25.8 Å². The molecule has 1 saturated heterocycles. The Kier molecular flexibility index (Phi) is 5.76. The van der Waals surface area contributed by atoms with Crippen LogP contribution in [0.2, 0.25) is 0 Å². The van der Waals surface area contributed by atoms with Gasteiger partial charge in [0.05, 0.1) is 18.3 Å². The van der Waals surface area contributed by atoms with Crippen molar-refractivity contribution in [1.29, 1.82) is 0 Å². The average molecular weight is 361 g/mol. The van der Waals surface area contributed by atoms with Crippen molar-refractivity contribution in [2.24, 2.45) is 0 Å². The summed E-state index contributed by atoms with van der Waals surface area (Å²) >= 11 is 0. The van der Waals surface area contributed by atoms with Crippen LogP contribution in [0.15, 0.2) is 18.3 Å². The molecule has 2 rings (SSSR count). The summed E-state index contributed by atoms with van der Waals surface area (Å²) in [6, 6.07) is 2.35. The van der Waals surface area contributed by atoms with E-state index in [0.29, 0.717) is 25.5 Å². The second-order valence-electron chi connectivity index (χ2n) is 6.72. The van der Waals surface area contributed by atoms with Gasteiger partial charge in [-0.25, -0.2) is 9.78 Å². The number of rotatable bonds is 3. The summed E-state index contributed by atoms with van der Waals surface area (Å²) in [6.45, 7) is 6.86. The number of nitrogens with zero attached hydrogens (tertiary/aromatic N) is 2. The molecule has 1 aromatic rings. The molecule has 25 heavy (non-hydrogen) atoms. The Morgan fingerprint density at radius 2 is 2.12 bits per heavy atom. The zero-order valence-corrected chi connectivity index (χ0v) is 14.4. The molecule has 0 saturated carbocycles. The van der Waals surface area contributed by atoms with Crippen LogP contribution in [-0.2, 0) is 15.7 Å². The molecule has 2 heterocycles. The van der Waals surface area contributed by atoms with E-state index in [1.807, 2.05) is 4.90 Å². The van der Waals surface area contributed by atoms with Gasteiger partial charge in [-0.05, 0) is 32.9 Å². The number of hydrogen-bond donors (Lipinski definition) is 1. The summed E-state index contributed by atoms with van der Waals surface area (Å²) in [5.41, 5.74) is -1.37. The first kappa shape index (κ1) is 19.3. The van der Waals surface area contributed by atoms with Crippen molar-refractivity contribution in [2.45, 2.75) is 38.7 Å². The Hall–Kier alpha value is -2.03. The van der Waals surface area contributed by atoms with E-state index in [4.69, 9.17) is 9.47 Å². The molecule has 0 aliphatic carbocycles. The van der Waals surface area contributed by atoms with Gasteiger partial charge in [0.15, 0.2) is 0 Å². The predicted molar refractivity (Wildman–Crippen MR) is 85.4 cm³/mol. The van der Waals surface area contributed by atoms with Crippen molar-refractivity contribution in [3.05, 3.63) is 23.9 Å². The van der Waals surface area contributed by atoms with Crippen LogP contribution in [0.25, 0.3) is 0 Å². The molecule has 0 aromatic carbocycles. The zero-order valence-electron chi connectivity index (χ0n) is 14.4. The molecule has 0 bridgehead atoms. The first-order valence-corrected chi connectivity index (χ1v) is 7.91. The monoisotopic (exact) mass is 361 g/mol. The molecular weight excluding hydrogens is 339 g/mol. The topological polar surface area (TPSA) is 63.7 Å². The second-order valence-corrected chi connectivity index (χ2v) is 6.72. The first-order valence-electron chi connectivity index (χ1n) is 7.91. The molecule has 1 aliphatic heterocycles. The van der Waals surface area contributed by atoms with Gasteiger partial charge >= 0.3 is 12.3 Å². The molecule has 1 N–H and O–H groups in total. The quantitative estimate of drug-likeness (QED) is 0.897. The average Bonchev–Trinajstić information content (AvgIpc) is 2.51. The van der Waals surface area contributed by atoms with Crippen LogP contribution in [0.3, 0.4) is 0 Å². The Labute approximate surface area is 144 Å². The van der Waals surface area contributed by atoms with E-state index in [0.717, 1.165) is 12.3 Å². The highest BCUT2D eigenvalue weighted by atomic mass is 19.4. The Morgan fingerprint density at radius 1 is 1.40 bits per heavy atom. The van der Waals surface area contributed by atoms with E-state index in [1.165, 1.54) is 6.07 Å². The lowest BCUT2D eigenvalue weighted by Gasteiger charge is -2.34. The molecule has 1 aliphatic rings. The molecule has 1 amide bonds. The highest BCUT2D eigenvalue weighted by molar-refractivity contribution is 5.67. The summed E-state index contributed by atoms with van der Waals surface area (Å²) in [4.78, 5) is 17.4. The molecule has 1 unspecified atom stereocenters. The maximum Gasteiger partial charge on any atom is 0.417 e. The Bertz CT molecular complexity index is 585. The summed E-state index contributed by atoms with van der Waals surface area (Å²) in [6.07, 6.45) is -4.43. The minimum absolute atomic E-state index is 0.242. The van der Waals surface area contributed by atoms with Gasteiger partial charge in [0.1, 0.15) is 11.4 Å². The maximum absolute atomic E-state index is 12.6.